The Morgan fingerprint density at radius 2 is 0.714 bits per heavy atom. The first-order chi connectivity index (χ1) is 10.4. The van der Waals surface area contributed by atoms with E-state index in [0.29, 0.717) is 0 Å². The van der Waals surface area contributed by atoms with Crippen molar-refractivity contribution in [1.82, 2.24) is 0 Å². The van der Waals surface area contributed by atoms with E-state index in [0.717, 1.165) is 11.8 Å². The van der Waals surface area contributed by atoms with Crippen molar-refractivity contribution in [3.8, 4) is 0 Å². The molecule has 2 saturated carbocycles. The Morgan fingerprint density at radius 1 is 0.381 bits per heavy atom. The van der Waals surface area contributed by atoms with Crippen molar-refractivity contribution in [2.45, 2.75) is 122 Å². The van der Waals surface area contributed by atoms with Crippen LogP contribution in [0.1, 0.15) is 122 Å². The van der Waals surface area contributed by atoms with E-state index in [1.54, 1.807) is 38.5 Å². The molecule has 0 aliphatic heterocycles. The fourth-order valence-corrected chi connectivity index (χ4v) is 4.70. The Bertz CT molecular complexity index is 196. The lowest BCUT2D eigenvalue weighted by molar-refractivity contribution is 0.324. The average molecular weight is 293 g/mol. The molecule has 0 aromatic carbocycles. The second-order valence-electron chi connectivity index (χ2n) is 8.06. The number of unbranched alkanes of at least 4 members (excludes halogenated alkanes) is 6. The first-order valence-electron chi connectivity index (χ1n) is 10.4. The van der Waals surface area contributed by atoms with E-state index in [1.165, 1.54) is 83.5 Å². The third-order valence-electron chi connectivity index (χ3n) is 6.17. The first kappa shape index (κ1) is 17.4. The van der Waals surface area contributed by atoms with Gasteiger partial charge in [0.15, 0.2) is 0 Å². The molecule has 2 rings (SSSR count). The smallest absolute Gasteiger partial charge is 0.0414 e. The maximum atomic E-state index is 1.54. The van der Waals surface area contributed by atoms with Gasteiger partial charge >= 0.3 is 0 Å². The summed E-state index contributed by atoms with van der Waals surface area (Å²) >= 11 is 0. The molecule has 0 saturated heterocycles. The Kier molecular flexibility index (Phi) is 9.55. The van der Waals surface area contributed by atoms with Crippen LogP contribution in [0, 0.1) is 11.8 Å². The molecule has 0 nitrogen and oxygen atoms in total. The average Bonchev–Trinajstić information content (AvgIpc) is 2.55. The largest absolute Gasteiger partial charge is 0.0533 e. The molecule has 0 heteroatoms. The van der Waals surface area contributed by atoms with Crippen LogP contribution in [0.25, 0.3) is 0 Å². The van der Waals surface area contributed by atoms with Gasteiger partial charge in [-0.1, -0.05) is 122 Å². The molecule has 2 fully saturated rings. The van der Waals surface area contributed by atoms with Gasteiger partial charge in [0.05, 0.1) is 0 Å². The Balaban J connectivity index is 1.30. The minimum Gasteiger partial charge on any atom is -0.0533 e. The third kappa shape index (κ3) is 8.27. The molecule has 0 aromatic rings. The molecule has 2 aliphatic rings. The van der Waals surface area contributed by atoms with Crippen LogP contribution in [-0.2, 0) is 0 Å². The summed E-state index contributed by atoms with van der Waals surface area (Å²) in [5.74, 6) is 2.21. The highest BCUT2D eigenvalue weighted by Gasteiger charge is 2.13. The predicted molar refractivity (Wildman–Crippen MR) is 94.7 cm³/mol. The van der Waals surface area contributed by atoms with Crippen LogP contribution in [0.2, 0.25) is 0 Å². The molecule has 0 bridgehead atoms. The van der Waals surface area contributed by atoms with Gasteiger partial charge in [0.25, 0.3) is 0 Å². The van der Waals surface area contributed by atoms with E-state index < -0.39 is 0 Å². The third-order valence-corrected chi connectivity index (χ3v) is 6.17. The number of rotatable bonds is 10. The van der Waals surface area contributed by atoms with Crippen LogP contribution in [-0.4, -0.2) is 0 Å². The highest BCUT2D eigenvalue weighted by molar-refractivity contribution is 4.66. The van der Waals surface area contributed by atoms with Crippen LogP contribution >= 0.6 is 0 Å². The molecule has 21 heavy (non-hydrogen) atoms. The van der Waals surface area contributed by atoms with E-state index in [-0.39, 0.29) is 0 Å². The minimum absolute atomic E-state index is 1.11. The zero-order valence-corrected chi connectivity index (χ0v) is 14.6. The Morgan fingerprint density at radius 3 is 1.10 bits per heavy atom. The van der Waals surface area contributed by atoms with Crippen molar-refractivity contribution in [2.75, 3.05) is 0 Å². The molecular formula is C21H40. The van der Waals surface area contributed by atoms with Gasteiger partial charge in [-0.2, -0.15) is 0 Å². The fourth-order valence-electron chi connectivity index (χ4n) is 4.70. The quantitative estimate of drug-likeness (QED) is 0.362. The van der Waals surface area contributed by atoms with Gasteiger partial charge in [-0.25, -0.2) is 0 Å². The van der Waals surface area contributed by atoms with E-state index in [4.69, 9.17) is 0 Å². The van der Waals surface area contributed by atoms with Crippen molar-refractivity contribution in [3.05, 3.63) is 0 Å². The molecule has 0 amide bonds. The Hall–Kier alpha value is 0. The maximum absolute atomic E-state index is 1.54. The fraction of sp³-hybridized carbons (Fsp3) is 1.00. The van der Waals surface area contributed by atoms with E-state index >= 15 is 0 Å². The normalized spacial score (nSPS) is 21.7. The molecule has 0 heterocycles. The van der Waals surface area contributed by atoms with Crippen LogP contribution in [0.15, 0.2) is 0 Å². The highest BCUT2D eigenvalue weighted by Crippen LogP contribution is 2.29. The van der Waals surface area contributed by atoms with E-state index in [9.17, 15) is 0 Å². The minimum atomic E-state index is 1.11. The van der Waals surface area contributed by atoms with Crippen molar-refractivity contribution in [2.24, 2.45) is 11.8 Å². The van der Waals surface area contributed by atoms with Gasteiger partial charge in [0.2, 0.25) is 0 Å². The zero-order chi connectivity index (χ0) is 14.6. The summed E-state index contributed by atoms with van der Waals surface area (Å²) in [5.41, 5.74) is 0. The lowest BCUT2D eigenvalue weighted by Gasteiger charge is -2.21. The van der Waals surface area contributed by atoms with Gasteiger partial charge in [-0.3, -0.25) is 0 Å². The monoisotopic (exact) mass is 292 g/mol. The van der Waals surface area contributed by atoms with Crippen LogP contribution in [0.3, 0.4) is 0 Å². The van der Waals surface area contributed by atoms with Gasteiger partial charge in [0, 0.05) is 0 Å². The zero-order valence-electron chi connectivity index (χ0n) is 14.6. The van der Waals surface area contributed by atoms with Crippen molar-refractivity contribution in [3.63, 3.8) is 0 Å². The van der Waals surface area contributed by atoms with Gasteiger partial charge in [-0.05, 0) is 11.8 Å². The molecule has 0 atom stereocenters. The maximum Gasteiger partial charge on any atom is -0.0414 e. The van der Waals surface area contributed by atoms with Gasteiger partial charge in [0.1, 0.15) is 0 Å². The molecule has 0 radical (unpaired) electrons. The van der Waals surface area contributed by atoms with Crippen LogP contribution < -0.4 is 0 Å². The molecule has 0 unspecified atom stereocenters. The van der Waals surface area contributed by atoms with Gasteiger partial charge in [-0.15, -0.1) is 0 Å². The standard InChI is InChI=1S/C21H40/c1(2-4-8-14-20-16-10-6-11-17-20)3-5-9-15-21-18-12-7-13-19-21/h20-21H,1-19H2. The molecule has 2 aliphatic carbocycles. The predicted octanol–water partition coefficient (Wildman–Crippen LogP) is 7.66. The number of hydrogen-bond donors (Lipinski definition) is 0. The first-order valence-corrected chi connectivity index (χ1v) is 10.4. The summed E-state index contributed by atoms with van der Waals surface area (Å²) in [4.78, 5) is 0. The summed E-state index contributed by atoms with van der Waals surface area (Å²) in [7, 11) is 0. The summed E-state index contributed by atoms with van der Waals surface area (Å²) in [6, 6.07) is 0. The van der Waals surface area contributed by atoms with Gasteiger partial charge < -0.3 is 0 Å². The summed E-state index contributed by atoms with van der Waals surface area (Å²) < 4.78 is 0. The highest BCUT2D eigenvalue weighted by atomic mass is 14.2. The topological polar surface area (TPSA) is 0 Å². The lowest BCUT2D eigenvalue weighted by Crippen LogP contribution is -2.05. The lowest BCUT2D eigenvalue weighted by atomic mass is 9.85. The summed E-state index contributed by atoms with van der Waals surface area (Å²) in [6.07, 6.45) is 29.0. The number of hydrogen-bond acceptors (Lipinski definition) is 0. The van der Waals surface area contributed by atoms with Crippen molar-refractivity contribution < 1.29 is 0 Å². The Labute approximate surface area is 134 Å². The van der Waals surface area contributed by atoms with E-state index in [1.807, 2.05) is 0 Å². The second-order valence-corrected chi connectivity index (χ2v) is 8.06. The molecule has 124 valence electrons. The van der Waals surface area contributed by atoms with Crippen molar-refractivity contribution in [1.29, 1.82) is 0 Å². The second kappa shape index (κ2) is 11.6. The van der Waals surface area contributed by atoms with Crippen LogP contribution in [0.4, 0.5) is 0 Å². The molecule has 0 aromatic heterocycles. The molecule has 0 spiro atoms. The van der Waals surface area contributed by atoms with E-state index in [2.05, 4.69) is 0 Å². The van der Waals surface area contributed by atoms with Crippen LogP contribution in [0.5, 0.6) is 0 Å². The SMILES string of the molecule is C(CCCCC1CCCCC1)CCCCC1CCCCC1. The molecular weight excluding hydrogens is 252 g/mol. The van der Waals surface area contributed by atoms with Crippen molar-refractivity contribution >= 4 is 0 Å². The molecule has 0 N–H and O–H groups in total. The summed E-state index contributed by atoms with van der Waals surface area (Å²) in [5, 5.41) is 0. The summed E-state index contributed by atoms with van der Waals surface area (Å²) in [6.45, 7) is 0.